The maximum absolute atomic E-state index is 12.8. The van der Waals surface area contributed by atoms with Crippen molar-refractivity contribution in [1.29, 1.82) is 0 Å². The number of unbranched alkanes of at least 4 members (excludes halogenated alkanes) is 28. The van der Waals surface area contributed by atoms with E-state index < -0.39 is 6.10 Å². The predicted molar refractivity (Wildman–Crippen MR) is 316 cm³/mol. The molecule has 0 amide bonds. The smallest absolute Gasteiger partial charge is 0.306 e. The van der Waals surface area contributed by atoms with Gasteiger partial charge in [0.05, 0.1) is 0 Å². The van der Waals surface area contributed by atoms with Crippen LogP contribution in [0.1, 0.15) is 290 Å². The van der Waals surface area contributed by atoms with Gasteiger partial charge in [-0.2, -0.15) is 0 Å². The van der Waals surface area contributed by atoms with Gasteiger partial charge in [0.15, 0.2) is 6.10 Å². The van der Waals surface area contributed by atoms with Crippen molar-refractivity contribution in [2.75, 3.05) is 13.2 Å². The lowest BCUT2D eigenvalue weighted by Gasteiger charge is -2.18. The number of esters is 3. The first kappa shape index (κ1) is 69.3. The van der Waals surface area contributed by atoms with Crippen LogP contribution in [-0.4, -0.2) is 37.2 Å². The van der Waals surface area contributed by atoms with Crippen molar-refractivity contribution in [1.82, 2.24) is 0 Å². The fourth-order valence-electron chi connectivity index (χ4n) is 8.48. The minimum atomic E-state index is -0.785. The average molecular weight is 1020 g/mol. The number of rotatable bonds is 55. The lowest BCUT2D eigenvalue weighted by Crippen LogP contribution is -2.30. The first-order valence-electron chi connectivity index (χ1n) is 30.7. The molecule has 0 aromatic heterocycles. The number of carbonyl (C=O) groups excluding carboxylic acids is 3. The van der Waals surface area contributed by atoms with Crippen LogP contribution < -0.4 is 0 Å². The summed E-state index contributed by atoms with van der Waals surface area (Å²) in [4.78, 5) is 38.2. The summed E-state index contributed by atoms with van der Waals surface area (Å²) in [5.41, 5.74) is 0. The third-order valence-electron chi connectivity index (χ3n) is 13.1. The van der Waals surface area contributed by atoms with E-state index in [1.54, 1.807) is 0 Å². The standard InChI is InChI=1S/C67H114O6/c1-4-7-10-13-16-19-22-25-27-28-29-30-31-32-33-34-35-36-37-38-39-40-41-43-45-48-51-54-57-60-66(69)72-63-64(62-71-65(68)59-56-53-50-47-44-24-21-18-15-12-9-6-3)73-67(70)61-58-55-52-49-46-42-26-23-20-17-14-11-8-5-2/h7,10,16,19,23,25-27,29-30,32-33,35-36,38-39,64H,4-6,8-9,11-15,17-18,20-22,24,28,31,34,37,40-63H2,1-3H3/b10-7-,19-16-,26-23-,27-25-,30-29-,33-32-,36-35-,39-38-. The summed E-state index contributed by atoms with van der Waals surface area (Å²) in [7, 11) is 0. The van der Waals surface area contributed by atoms with Crippen LogP contribution in [0.25, 0.3) is 0 Å². The Labute approximate surface area is 451 Å². The molecule has 6 nitrogen and oxygen atoms in total. The van der Waals surface area contributed by atoms with E-state index in [0.29, 0.717) is 19.3 Å². The Hall–Kier alpha value is -3.67. The number of hydrogen-bond acceptors (Lipinski definition) is 6. The molecule has 0 aliphatic carbocycles. The van der Waals surface area contributed by atoms with Gasteiger partial charge in [0, 0.05) is 19.3 Å². The van der Waals surface area contributed by atoms with Crippen molar-refractivity contribution in [3.8, 4) is 0 Å². The van der Waals surface area contributed by atoms with E-state index in [-0.39, 0.29) is 31.1 Å². The van der Waals surface area contributed by atoms with E-state index in [4.69, 9.17) is 14.2 Å². The lowest BCUT2D eigenvalue weighted by atomic mass is 10.0. The first-order valence-corrected chi connectivity index (χ1v) is 30.7. The predicted octanol–water partition coefficient (Wildman–Crippen LogP) is 20.9. The van der Waals surface area contributed by atoms with Crippen LogP contribution in [0.2, 0.25) is 0 Å². The topological polar surface area (TPSA) is 78.9 Å². The monoisotopic (exact) mass is 1010 g/mol. The van der Waals surface area contributed by atoms with Gasteiger partial charge in [-0.05, 0) is 103 Å². The summed E-state index contributed by atoms with van der Waals surface area (Å²) in [6, 6.07) is 0. The van der Waals surface area contributed by atoms with Crippen molar-refractivity contribution in [2.24, 2.45) is 0 Å². The van der Waals surface area contributed by atoms with Crippen LogP contribution in [0.3, 0.4) is 0 Å². The zero-order chi connectivity index (χ0) is 52.9. The minimum absolute atomic E-state index is 0.0817. The second-order valence-electron chi connectivity index (χ2n) is 20.2. The molecule has 6 heteroatoms. The van der Waals surface area contributed by atoms with Gasteiger partial charge in [-0.15, -0.1) is 0 Å². The molecule has 1 atom stereocenters. The van der Waals surface area contributed by atoms with E-state index in [2.05, 4.69) is 118 Å². The number of carbonyl (C=O) groups is 3. The summed E-state index contributed by atoms with van der Waals surface area (Å²) in [6.07, 6.45) is 81.2. The fourth-order valence-corrected chi connectivity index (χ4v) is 8.48. The molecule has 0 radical (unpaired) electrons. The first-order chi connectivity index (χ1) is 36.0. The molecule has 0 aromatic carbocycles. The Kier molecular flexibility index (Phi) is 57.8. The second kappa shape index (κ2) is 60.9. The number of hydrogen-bond donors (Lipinski definition) is 0. The van der Waals surface area contributed by atoms with Crippen molar-refractivity contribution < 1.29 is 28.6 Å². The van der Waals surface area contributed by atoms with Gasteiger partial charge in [-0.1, -0.05) is 266 Å². The Balaban J connectivity index is 4.29. The highest BCUT2D eigenvalue weighted by atomic mass is 16.6. The van der Waals surface area contributed by atoms with Gasteiger partial charge in [0.2, 0.25) is 0 Å². The maximum Gasteiger partial charge on any atom is 0.306 e. The van der Waals surface area contributed by atoms with Crippen LogP contribution in [0.4, 0.5) is 0 Å². The molecule has 0 spiro atoms. The van der Waals surface area contributed by atoms with Crippen molar-refractivity contribution in [3.63, 3.8) is 0 Å². The van der Waals surface area contributed by atoms with Crippen LogP contribution >= 0.6 is 0 Å². The second-order valence-corrected chi connectivity index (χ2v) is 20.2. The molecule has 0 saturated carbocycles. The highest BCUT2D eigenvalue weighted by molar-refractivity contribution is 5.71. The molecule has 0 N–H and O–H groups in total. The Morgan fingerprint density at radius 2 is 0.534 bits per heavy atom. The molecule has 0 aromatic rings. The molecular weight excluding hydrogens is 901 g/mol. The Bertz CT molecular complexity index is 1440. The van der Waals surface area contributed by atoms with Gasteiger partial charge < -0.3 is 14.2 Å². The van der Waals surface area contributed by atoms with Crippen molar-refractivity contribution in [3.05, 3.63) is 97.2 Å². The van der Waals surface area contributed by atoms with Gasteiger partial charge in [-0.25, -0.2) is 0 Å². The largest absolute Gasteiger partial charge is 0.462 e. The molecule has 418 valence electrons. The molecule has 0 heterocycles. The zero-order valence-corrected chi connectivity index (χ0v) is 47.9. The van der Waals surface area contributed by atoms with Crippen LogP contribution in [0, 0.1) is 0 Å². The molecule has 0 saturated heterocycles. The summed E-state index contributed by atoms with van der Waals surface area (Å²) < 4.78 is 16.9. The van der Waals surface area contributed by atoms with Crippen molar-refractivity contribution in [2.45, 2.75) is 297 Å². The van der Waals surface area contributed by atoms with E-state index in [1.165, 1.54) is 128 Å². The zero-order valence-electron chi connectivity index (χ0n) is 47.9. The van der Waals surface area contributed by atoms with Crippen LogP contribution in [0.15, 0.2) is 97.2 Å². The SMILES string of the molecule is CC/C=C\C/C=C\C/C=C\C/C=C\C/C=C\C/C=C\C/C=C\CCCCCCCCCC(=O)OCC(COC(=O)CCCCCCCCCCCCCC)OC(=O)CCCCCCC/C=C\CCCCCCC. The van der Waals surface area contributed by atoms with E-state index in [0.717, 1.165) is 122 Å². The minimum Gasteiger partial charge on any atom is -0.462 e. The van der Waals surface area contributed by atoms with Gasteiger partial charge in [0.25, 0.3) is 0 Å². The van der Waals surface area contributed by atoms with Gasteiger partial charge >= 0.3 is 17.9 Å². The Morgan fingerprint density at radius 1 is 0.288 bits per heavy atom. The molecule has 0 rings (SSSR count). The molecule has 0 aliphatic rings. The molecule has 0 fully saturated rings. The normalized spacial score (nSPS) is 12.8. The molecule has 73 heavy (non-hydrogen) atoms. The van der Waals surface area contributed by atoms with E-state index >= 15 is 0 Å². The quantitative estimate of drug-likeness (QED) is 0.0261. The molecular formula is C67H114O6. The number of allylic oxidation sites excluding steroid dienone is 16. The van der Waals surface area contributed by atoms with Crippen LogP contribution in [0.5, 0.6) is 0 Å². The third kappa shape index (κ3) is 59.1. The maximum atomic E-state index is 12.8. The summed E-state index contributed by atoms with van der Waals surface area (Å²) in [5.74, 6) is -0.895. The van der Waals surface area contributed by atoms with Crippen molar-refractivity contribution >= 4 is 17.9 Å². The van der Waals surface area contributed by atoms with Gasteiger partial charge in [0.1, 0.15) is 13.2 Å². The van der Waals surface area contributed by atoms with E-state index in [9.17, 15) is 14.4 Å². The van der Waals surface area contributed by atoms with Gasteiger partial charge in [-0.3, -0.25) is 14.4 Å². The lowest BCUT2D eigenvalue weighted by molar-refractivity contribution is -0.167. The summed E-state index contributed by atoms with van der Waals surface area (Å²) in [5, 5.41) is 0. The third-order valence-corrected chi connectivity index (χ3v) is 13.1. The molecule has 0 aliphatic heterocycles. The summed E-state index contributed by atoms with van der Waals surface area (Å²) >= 11 is 0. The number of ether oxygens (including phenoxy) is 3. The Morgan fingerprint density at radius 3 is 0.849 bits per heavy atom. The van der Waals surface area contributed by atoms with Crippen LogP contribution in [-0.2, 0) is 28.6 Å². The fraction of sp³-hybridized carbons (Fsp3) is 0.716. The average Bonchev–Trinajstić information content (AvgIpc) is 3.39. The molecule has 0 bridgehead atoms. The highest BCUT2D eigenvalue weighted by Crippen LogP contribution is 2.15. The summed E-state index contributed by atoms with van der Waals surface area (Å²) in [6.45, 7) is 6.51. The highest BCUT2D eigenvalue weighted by Gasteiger charge is 2.19. The molecule has 1 unspecified atom stereocenters. The van der Waals surface area contributed by atoms with E-state index in [1.807, 2.05) is 0 Å².